The molecule has 2 aromatic heterocycles. The third-order valence-corrected chi connectivity index (χ3v) is 2.49. The second-order valence-corrected chi connectivity index (χ2v) is 4.12. The Morgan fingerprint density at radius 1 is 1.47 bits per heavy atom. The first-order chi connectivity index (χ1) is 7.92. The summed E-state index contributed by atoms with van der Waals surface area (Å²) in [4.78, 5) is 7.85. The maximum Gasteiger partial charge on any atom is 0.262 e. The van der Waals surface area contributed by atoms with Gasteiger partial charge in [-0.25, -0.2) is 18.7 Å². The minimum Gasteiger partial charge on any atom is -0.491 e. The lowest BCUT2D eigenvalue weighted by molar-refractivity contribution is 0.00489. The highest BCUT2D eigenvalue weighted by molar-refractivity contribution is 6.31. The normalized spacial score (nSPS) is 12.1. The van der Waals surface area contributed by atoms with E-state index in [1.165, 1.54) is 24.2 Å². The Kier molecular flexibility index (Phi) is 2.91. The van der Waals surface area contributed by atoms with E-state index in [0.717, 1.165) is 6.92 Å². The van der Waals surface area contributed by atoms with Gasteiger partial charge in [-0.15, -0.1) is 0 Å². The van der Waals surface area contributed by atoms with Crippen LogP contribution in [0.25, 0.3) is 11.0 Å². The SMILES string of the molecule is COc1c(Cl)ncc2ncn(CC(C)(F)F)c12. The molecule has 17 heavy (non-hydrogen) atoms. The monoisotopic (exact) mass is 261 g/mol. The van der Waals surface area contributed by atoms with Crippen LogP contribution in [0.3, 0.4) is 0 Å². The molecule has 2 heterocycles. The van der Waals surface area contributed by atoms with Crippen molar-refractivity contribution < 1.29 is 13.5 Å². The quantitative estimate of drug-likeness (QED) is 0.798. The van der Waals surface area contributed by atoms with E-state index in [4.69, 9.17) is 16.3 Å². The van der Waals surface area contributed by atoms with Gasteiger partial charge >= 0.3 is 0 Å². The zero-order valence-electron chi connectivity index (χ0n) is 9.25. The van der Waals surface area contributed by atoms with Gasteiger partial charge in [0, 0.05) is 6.92 Å². The molecule has 0 unspecified atom stereocenters. The van der Waals surface area contributed by atoms with E-state index in [1.54, 1.807) is 0 Å². The van der Waals surface area contributed by atoms with Gasteiger partial charge in [0.15, 0.2) is 10.9 Å². The molecule has 0 spiro atoms. The fraction of sp³-hybridized carbons (Fsp3) is 0.400. The molecule has 0 aliphatic carbocycles. The predicted molar refractivity (Wildman–Crippen MR) is 59.7 cm³/mol. The van der Waals surface area contributed by atoms with Crippen molar-refractivity contribution in [1.29, 1.82) is 0 Å². The summed E-state index contributed by atoms with van der Waals surface area (Å²) in [7, 11) is 1.41. The molecule has 0 aromatic carbocycles. The number of halogens is 3. The molecule has 0 radical (unpaired) electrons. The molecule has 0 atom stereocenters. The molecule has 0 N–H and O–H groups in total. The maximum atomic E-state index is 13.0. The highest BCUT2D eigenvalue weighted by atomic mass is 35.5. The van der Waals surface area contributed by atoms with Crippen LogP contribution in [-0.4, -0.2) is 27.6 Å². The first-order valence-corrected chi connectivity index (χ1v) is 5.21. The summed E-state index contributed by atoms with van der Waals surface area (Å²) in [6.07, 6.45) is 2.74. The van der Waals surface area contributed by atoms with Gasteiger partial charge in [-0.1, -0.05) is 11.6 Å². The molecule has 92 valence electrons. The van der Waals surface area contributed by atoms with Crippen LogP contribution in [0.1, 0.15) is 6.92 Å². The molecule has 0 amide bonds. The van der Waals surface area contributed by atoms with Crippen molar-refractivity contribution in [1.82, 2.24) is 14.5 Å². The maximum absolute atomic E-state index is 13.0. The summed E-state index contributed by atoms with van der Waals surface area (Å²) < 4.78 is 32.4. The molecule has 0 saturated carbocycles. The highest BCUT2D eigenvalue weighted by Crippen LogP contribution is 2.31. The Labute approximate surface area is 101 Å². The van der Waals surface area contributed by atoms with Gasteiger partial charge in [-0.3, -0.25) is 0 Å². The number of alkyl halides is 2. The first kappa shape index (κ1) is 12.0. The Hall–Kier alpha value is -1.43. The molecule has 0 saturated heterocycles. The second kappa shape index (κ2) is 4.10. The summed E-state index contributed by atoms with van der Waals surface area (Å²) in [6, 6.07) is 0. The summed E-state index contributed by atoms with van der Waals surface area (Å²) >= 11 is 5.84. The van der Waals surface area contributed by atoms with E-state index in [1.807, 2.05) is 0 Å². The van der Waals surface area contributed by atoms with Crippen molar-refractivity contribution in [2.24, 2.45) is 0 Å². The predicted octanol–water partition coefficient (Wildman–Crippen LogP) is 2.75. The Morgan fingerprint density at radius 2 is 2.18 bits per heavy atom. The van der Waals surface area contributed by atoms with Crippen LogP contribution >= 0.6 is 11.6 Å². The summed E-state index contributed by atoms with van der Waals surface area (Å²) in [5, 5.41) is 0.126. The van der Waals surface area contributed by atoms with E-state index >= 15 is 0 Å². The number of pyridine rings is 1. The van der Waals surface area contributed by atoms with Crippen molar-refractivity contribution in [3.63, 3.8) is 0 Å². The van der Waals surface area contributed by atoms with Crippen LogP contribution < -0.4 is 4.74 Å². The van der Waals surface area contributed by atoms with Crippen LogP contribution in [0.5, 0.6) is 5.75 Å². The van der Waals surface area contributed by atoms with Gasteiger partial charge in [-0.2, -0.15) is 0 Å². The Bertz CT molecular complexity index is 550. The number of hydrogen-bond donors (Lipinski definition) is 0. The zero-order valence-corrected chi connectivity index (χ0v) is 10.0. The topological polar surface area (TPSA) is 39.9 Å². The standard InChI is InChI=1S/C10H10ClF2N3O/c1-10(12,13)4-16-5-15-6-3-14-9(11)8(17-2)7(6)16/h3,5H,4H2,1-2H3. The van der Waals surface area contributed by atoms with Gasteiger partial charge < -0.3 is 9.30 Å². The lowest BCUT2D eigenvalue weighted by atomic mass is 10.3. The lowest BCUT2D eigenvalue weighted by Gasteiger charge is -2.13. The van der Waals surface area contributed by atoms with E-state index in [-0.39, 0.29) is 10.9 Å². The molecule has 0 aliphatic heterocycles. The van der Waals surface area contributed by atoms with E-state index in [9.17, 15) is 8.78 Å². The van der Waals surface area contributed by atoms with Gasteiger partial charge in [0.25, 0.3) is 5.92 Å². The van der Waals surface area contributed by atoms with Crippen LogP contribution in [0.4, 0.5) is 8.78 Å². The van der Waals surface area contributed by atoms with Gasteiger partial charge in [0.2, 0.25) is 0 Å². The molecule has 0 fully saturated rings. The number of nitrogens with zero attached hydrogens (tertiary/aromatic N) is 3. The minimum atomic E-state index is -2.84. The van der Waals surface area contributed by atoms with Crippen LogP contribution in [0.2, 0.25) is 5.15 Å². The Balaban J connectivity index is 2.61. The summed E-state index contributed by atoms with van der Waals surface area (Å²) in [5.74, 6) is -2.58. The minimum absolute atomic E-state index is 0.126. The fourth-order valence-corrected chi connectivity index (χ4v) is 1.83. The van der Waals surface area contributed by atoms with Crippen molar-refractivity contribution in [2.45, 2.75) is 19.4 Å². The highest BCUT2D eigenvalue weighted by Gasteiger charge is 2.24. The van der Waals surface area contributed by atoms with Crippen LogP contribution in [-0.2, 0) is 6.54 Å². The Morgan fingerprint density at radius 3 is 2.76 bits per heavy atom. The van der Waals surface area contributed by atoms with Gasteiger partial charge in [-0.05, 0) is 0 Å². The molecular formula is C10H10ClF2N3O. The average Bonchev–Trinajstić information content (AvgIpc) is 2.59. The molecule has 2 rings (SSSR count). The van der Waals surface area contributed by atoms with Crippen LogP contribution in [0.15, 0.2) is 12.5 Å². The molecule has 7 heteroatoms. The lowest BCUT2D eigenvalue weighted by Crippen LogP contribution is -2.18. The average molecular weight is 262 g/mol. The molecule has 0 bridgehead atoms. The van der Waals surface area contributed by atoms with Gasteiger partial charge in [0.1, 0.15) is 11.0 Å². The number of fused-ring (bicyclic) bond motifs is 1. The number of imidazole rings is 1. The second-order valence-electron chi connectivity index (χ2n) is 3.76. The molecule has 0 aliphatic rings. The number of hydrogen-bond acceptors (Lipinski definition) is 3. The largest absolute Gasteiger partial charge is 0.491 e. The third-order valence-electron chi connectivity index (χ3n) is 2.22. The molecule has 4 nitrogen and oxygen atoms in total. The van der Waals surface area contributed by atoms with Gasteiger partial charge in [0.05, 0.1) is 26.2 Å². The first-order valence-electron chi connectivity index (χ1n) is 4.83. The van der Waals surface area contributed by atoms with E-state index < -0.39 is 12.5 Å². The van der Waals surface area contributed by atoms with E-state index in [0.29, 0.717) is 11.0 Å². The number of ether oxygens (including phenoxy) is 1. The molecule has 2 aromatic rings. The number of aromatic nitrogens is 3. The van der Waals surface area contributed by atoms with Crippen LogP contribution in [0, 0.1) is 0 Å². The molecular weight excluding hydrogens is 252 g/mol. The fourth-order valence-electron chi connectivity index (χ4n) is 1.61. The van der Waals surface area contributed by atoms with Crippen molar-refractivity contribution in [2.75, 3.05) is 7.11 Å². The zero-order chi connectivity index (χ0) is 12.6. The van der Waals surface area contributed by atoms with Crippen molar-refractivity contribution in [3.8, 4) is 5.75 Å². The van der Waals surface area contributed by atoms with Crippen molar-refractivity contribution in [3.05, 3.63) is 17.7 Å². The number of methoxy groups -OCH3 is 1. The van der Waals surface area contributed by atoms with Crippen molar-refractivity contribution >= 4 is 22.6 Å². The third kappa shape index (κ3) is 2.31. The summed E-state index contributed by atoms with van der Waals surface area (Å²) in [6.45, 7) is 0.355. The smallest absolute Gasteiger partial charge is 0.262 e. The summed E-state index contributed by atoms with van der Waals surface area (Å²) in [5.41, 5.74) is 0.893. The number of rotatable bonds is 3. The van der Waals surface area contributed by atoms with E-state index in [2.05, 4.69) is 9.97 Å².